The predicted molar refractivity (Wildman–Crippen MR) is 178 cm³/mol. The van der Waals surface area contributed by atoms with Crippen molar-refractivity contribution in [3.05, 3.63) is 125 Å². The zero-order valence-corrected chi connectivity index (χ0v) is 27.8. The molecule has 0 saturated heterocycles. The molecule has 9 nitrogen and oxygen atoms in total. The number of amides is 2. The molecule has 0 aliphatic carbocycles. The van der Waals surface area contributed by atoms with Gasteiger partial charge in [0.2, 0.25) is 0 Å². The average Bonchev–Trinajstić information content (AvgIpc) is 3.07. The molecule has 262 valence electrons. The van der Waals surface area contributed by atoms with E-state index in [4.69, 9.17) is 18.9 Å². The first kappa shape index (κ1) is 35.8. The largest absolute Gasteiger partial charge is 0.489 e. The van der Waals surface area contributed by atoms with Crippen molar-refractivity contribution >= 4 is 18.2 Å². The van der Waals surface area contributed by atoms with Gasteiger partial charge < -0.3 is 29.2 Å². The molecule has 1 unspecified atom stereocenters. The van der Waals surface area contributed by atoms with Gasteiger partial charge in [-0.1, -0.05) is 48.5 Å². The van der Waals surface area contributed by atoms with E-state index in [9.17, 15) is 27.6 Å². The fraction of sp³-hybridized carbons (Fsp3) is 0.289. The molecule has 2 amide bonds. The SMILES string of the molecule is CC(C)(C)OC(=O)C(CNC(=O)OC(=O)N1CCc2ccc(Oc3ccc(C(F)(F)F)cc3)cc2C1)c1ccc(OCc2ccccc2)cc1. The number of esters is 1. The summed E-state index contributed by atoms with van der Waals surface area (Å²) in [4.78, 5) is 40.2. The summed E-state index contributed by atoms with van der Waals surface area (Å²) in [5.41, 5.74) is 1.70. The number of nitrogens with zero attached hydrogens (tertiary/aromatic N) is 1. The van der Waals surface area contributed by atoms with Crippen molar-refractivity contribution in [3.8, 4) is 17.2 Å². The maximum absolute atomic E-state index is 13.2. The van der Waals surface area contributed by atoms with Crippen LogP contribution in [-0.4, -0.2) is 41.7 Å². The second-order valence-corrected chi connectivity index (χ2v) is 12.7. The number of hydrogen-bond donors (Lipinski definition) is 1. The van der Waals surface area contributed by atoms with Crippen LogP contribution in [0, 0.1) is 0 Å². The first-order chi connectivity index (χ1) is 23.7. The molecule has 0 bridgehead atoms. The van der Waals surface area contributed by atoms with Gasteiger partial charge in [0.25, 0.3) is 0 Å². The van der Waals surface area contributed by atoms with Gasteiger partial charge in [-0.05, 0) is 98.0 Å². The molecule has 1 aliphatic heterocycles. The Morgan fingerprint density at radius 2 is 1.48 bits per heavy atom. The Kier molecular flexibility index (Phi) is 11.0. The topological polar surface area (TPSA) is 103 Å². The Morgan fingerprint density at radius 3 is 2.14 bits per heavy atom. The van der Waals surface area contributed by atoms with E-state index in [1.54, 1.807) is 57.2 Å². The average molecular weight is 691 g/mol. The third-order valence-corrected chi connectivity index (χ3v) is 7.72. The van der Waals surface area contributed by atoms with Crippen LogP contribution in [0.25, 0.3) is 0 Å². The van der Waals surface area contributed by atoms with Crippen LogP contribution in [0.15, 0.2) is 97.1 Å². The van der Waals surface area contributed by atoms with Crippen LogP contribution in [0.3, 0.4) is 0 Å². The Hall–Kier alpha value is -5.52. The van der Waals surface area contributed by atoms with E-state index < -0.39 is 41.4 Å². The first-order valence-corrected chi connectivity index (χ1v) is 15.9. The smallest absolute Gasteiger partial charge is 0.419 e. The van der Waals surface area contributed by atoms with Gasteiger partial charge in [-0.3, -0.25) is 4.79 Å². The van der Waals surface area contributed by atoms with E-state index in [0.29, 0.717) is 30.1 Å². The van der Waals surface area contributed by atoms with Gasteiger partial charge in [-0.15, -0.1) is 0 Å². The number of halogens is 3. The number of benzene rings is 4. The zero-order valence-electron chi connectivity index (χ0n) is 27.8. The molecular weight excluding hydrogens is 653 g/mol. The molecule has 4 aromatic rings. The van der Waals surface area contributed by atoms with Gasteiger partial charge in [-0.2, -0.15) is 13.2 Å². The van der Waals surface area contributed by atoms with Crippen LogP contribution in [-0.2, 0) is 40.0 Å². The quantitative estimate of drug-likeness (QED) is 0.139. The zero-order chi connectivity index (χ0) is 35.9. The van der Waals surface area contributed by atoms with Crippen LogP contribution >= 0.6 is 0 Å². The minimum atomic E-state index is -4.45. The summed E-state index contributed by atoms with van der Waals surface area (Å²) in [6.45, 7) is 5.80. The van der Waals surface area contributed by atoms with E-state index in [2.05, 4.69) is 5.32 Å². The first-order valence-electron chi connectivity index (χ1n) is 15.9. The fourth-order valence-electron chi connectivity index (χ4n) is 5.21. The van der Waals surface area contributed by atoms with Gasteiger partial charge >= 0.3 is 24.3 Å². The van der Waals surface area contributed by atoms with E-state index in [-0.39, 0.29) is 25.4 Å². The number of alkyl carbamates (subject to hydrolysis) is 1. The molecule has 0 fully saturated rings. The van der Waals surface area contributed by atoms with Crippen molar-refractivity contribution in [1.29, 1.82) is 0 Å². The maximum atomic E-state index is 13.2. The highest BCUT2D eigenvalue weighted by Gasteiger charge is 2.31. The van der Waals surface area contributed by atoms with Crippen molar-refractivity contribution in [3.63, 3.8) is 0 Å². The molecule has 1 N–H and O–H groups in total. The lowest BCUT2D eigenvalue weighted by Gasteiger charge is -2.28. The summed E-state index contributed by atoms with van der Waals surface area (Å²) in [5, 5.41) is 2.52. The Labute approximate surface area is 287 Å². The van der Waals surface area contributed by atoms with Gasteiger partial charge in [0.05, 0.1) is 11.5 Å². The lowest BCUT2D eigenvalue weighted by molar-refractivity contribution is -0.156. The van der Waals surface area contributed by atoms with E-state index >= 15 is 0 Å². The highest BCUT2D eigenvalue weighted by Crippen LogP contribution is 2.32. The number of hydrogen-bond acceptors (Lipinski definition) is 7. The summed E-state index contributed by atoms with van der Waals surface area (Å²) < 4.78 is 61.0. The summed E-state index contributed by atoms with van der Waals surface area (Å²) in [5.74, 6) is -0.270. The summed E-state index contributed by atoms with van der Waals surface area (Å²) in [6, 6.07) is 26.1. The number of nitrogens with one attached hydrogen (secondary N) is 1. The van der Waals surface area contributed by atoms with Crippen LogP contribution in [0.4, 0.5) is 22.8 Å². The molecule has 12 heteroatoms. The number of carbonyl (C=O) groups is 3. The highest BCUT2D eigenvalue weighted by atomic mass is 19.4. The second kappa shape index (κ2) is 15.4. The summed E-state index contributed by atoms with van der Waals surface area (Å²) >= 11 is 0. The Balaban J connectivity index is 1.17. The lowest BCUT2D eigenvalue weighted by Crippen LogP contribution is -2.41. The van der Waals surface area contributed by atoms with E-state index in [1.165, 1.54) is 17.0 Å². The summed E-state index contributed by atoms with van der Waals surface area (Å²) in [7, 11) is 0. The van der Waals surface area contributed by atoms with Crippen LogP contribution < -0.4 is 14.8 Å². The van der Waals surface area contributed by atoms with Crippen molar-refractivity contribution in [2.75, 3.05) is 13.1 Å². The van der Waals surface area contributed by atoms with E-state index in [1.807, 2.05) is 36.4 Å². The standard InChI is InChI=1S/C38H37F3N2O7/c1-37(2,3)50-34(44)33(27-10-14-30(15-11-27)47-24-25-7-5-4-6-8-25)22-42-35(45)49-36(46)43-20-19-26-9-16-32(21-28(26)23-43)48-31-17-12-29(13-18-31)38(39,40)41/h4-18,21,33H,19-20,22-24H2,1-3H3,(H,42,45). The minimum absolute atomic E-state index is 0.116. The third kappa shape index (κ3) is 10.0. The van der Waals surface area contributed by atoms with Crippen LogP contribution in [0.2, 0.25) is 0 Å². The van der Waals surface area contributed by atoms with Crippen molar-refractivity contribution in [1.82, 2.24) is 10.2 Å². The van der Waals surface area contributed by atoms with Gasteiger partial charge in [0, 0.05) is 19.6 Å². The number of carbonyl (C=O) groups excluding carboxylic acids is 3. The van der Waals surface area contributed by atoms with Gasteiger partial charge in [-0.25, -0.2) is 9.59 Å². The molecule has 1 aliphatic rings. The molecule has 0 spiro atoms. The molecule has 0 radical (unpaired) electrons. The highest BCUT2D eigenvalue weighted by molar-refractivity contribution is 5.85. The van der Waals surface area contributed by atoms with Crippen molar-refractivity contribution < 1.29 is 46.5 Å². The number of fused-ring (bicyclic) bond motifs is 1. The van der Waals surface area contributed by atoms with Gasteiger partial charge in [0.1, 0.15) is 29.5 Å². The molecule has 1 heterocycles. The fourth-order valence-corrected chi connectivity index (χ4v) is 5.21. The Morgan fingerprint density at radius 1 is 0.820 bits per heavy atom. The molecule has 5 rings (SSSR count). The molecular formula is C38H37F3N2O7. The lowest BCUT2D eigenvalue weighted by atomic mass is 9.98. The number of rotatable bonds is 9. The Bertz CT molecular complexity index is 1790. The van der Waals surface area contributed by atoms with Crippen molar-refractivity contribution in [2.24, 2.45) is 0 Å². The third-order valence-electron chi connectivity index (χ3n) is 7.72. The van der Waals surface area contributed by atoms with Gasteiger partial charge in [0.15, 0.2) is 0 Å². The normalized spacial score (nSPS) is 13.4. The predicted octanol–water partition coefficient (Wildman–Crippen LogP) is 8.41. The number of alkyl halides is 3. The molecule has 50 heavy (non-hydrogen) atoms. The van der Waals surface area contributed by atoms with Crippen molar-refractivity contribution in [2.45, 2.75) is 58.0 Å². The minimum Gasteiger partial charge on any atom is -0.489 e. The number of ether oxygens (including phenoxy) is 4. The molecule has 4 aromatic carbocycles. The molecule has 0 aromatic heterocycles. The molecule has 1 atom stereocenters. The van der Waals surface area contributed by atoms with E-state index in [0.717, 1.165) is 28.8 Å². The monoisotopic (exact) mass is 690 g/mol. The second-order valence-electron chi connectivity index (χ2n) is 12.7. The maximum Gasteiger partial charge on any atom is 0.419 e. The van der Waals surface area contributed by atoms with Crippen LogP contribution in [0.5, 0.6) is 17.2 Å². The molecule has 0 saturated carbocycles. The summed E-state index contributed by atoms with van der Waals surface area (Å²) in [6.07, 6.45) is -5.88. The van der Waals surface area contributed by atoms with Crippen LogP contribution in [0.1, 0.15) is 54.5 Å².